The summed E-state index contributed by atoms with van der Waals surface area (Å²) in [4.78, 5) is 55.9. The van der Waals surface area contributed by atoms with Crippen molar-refractivity contribution in [2.24, 2.45) is 10.9 Å². The molecule has 2 aromatic carbocycles. The van der Waals surface area contributed by atoms with Crippen LogP contribution in [0.3, 0.4) is 0 Å². The standard InChI is InChI=1S/C24H26ClN5O6/c1-3-4-20(32)27-18-10-9-17(11-19(18)31)26-22-28-23(35)30(12-14(2)21(33)34)24(36)29(22)13-15-5-7-16(25)8-6-15/h5-11,14,31H,3-4,12-13H2,1-2H3,(H,27,32)(H,33,34)(H,26,28,35)/t14-/m0/s1. The molecular weight excluding hydrogens is 490 g/mol. The number of halogens is 1. The van der Waals surface area contributed by atoms with E-state index in [2.05, 4.69) is 15.3 Å². The third-order valence-electron chi connectivity index (χ3n) is 5.28. The number of aromatic hydroxyl groups is 1. The van der Waals surface area contributed by atoms with Crippen LogP contribution in [-0.4, -0.2) is 36.2 Å². The number of nitrogens with zero attached hydrogens (tertiary/aromatic N) is 3. The third kappa shape index (κ3) is 6.51. The highest BCUT2D eigenvalue weighted by Crippen LogP contribution is 2.28. The molecule has 0 aliphatic carbocycles. The summed E-state index contributed by atoms with van der Waals surface area (Å²) in [5.74, 6) is -2.62. The molecule has 12 heteroatoms. The first-order chi connectivity index (χ1) is 17.1. The van der Waals surface area contributed by atoms with Gasteiger partial charge in [0.25, 0.3) is 0 Å². The van der Waals surface area contributed by atoms with Gasteiger partial charge >= 0.3 is 17.3 Å². The van der Waals surface area contributed by atoms with Crippen LogP contribution in [-0.2, 0) is 22.7 Å². The molecule has 3 aromatic rings. The molecular formula is C24H26ClN5O6. The van der Waals surface area contributed by atoms with Gasteiger partial charge in [0.15, 0.2) is 0 Å². The van der Waals surface area contributed by atoms with Gasteiger partial charge in [0.1, 0.15) is 5.75 Å². The molecule has 0 aliphatic heterocycles. The summed E-state index contributed by atoms with van der Waals surface area (Å²) >= 11 is 5.95. The van der Waals surface area contributed by atoms with E-state index in [0.29, 0.717) is 23.4 Å². The van der Waals surface area contributed by atoms with E-state index >= 15 is 0 Å². The van der Waals surface area contributed by atoms with Gasteiger partial charge in [0.2, 0.25) is 11.5 Å². The maximum atomic E-state index is 13.3. The number of benzene rings is 2. The number of carbonyl (C=O) groups is 2. The van der Waals surface area contributed by atoms with Gasteiger partial charge in [0, 0.05) is 24.1 Å². The monoisotopic (exact) mass is 515 g/mol. The Morgan fingerprint density at radius 3 is 2.44 bits per heavy atom. The zero-order chi connectivity index (χ0) is 26.4. The van der Waals surface area contributed by atoms with Crippen molar-refractivity contribution < 1.29 is 19.8 Å². The molecule has 0 saturated carbocycles. The van der Waals surface area contributed by atoms with E-state index < -0.39 is 23.3 Å². The first-order valence-corrected chi connectivity index (χ1v) is 11.6. The van der Waals surface area contributed by atoms with Crippen LogP contribution in [0.25, 0.3) is 0 Å². The zero-order valence-electron chi connectivity index (χ0n) is 19.7. The number of H-pyrrole nitrogens is 1. The number of rotatable bonds is 9. The van der Waals surface area contributed by atoms with Crippen molar-refractivity contribution in [1.82, 2.24) is 14.1 Å². The predicted octanol–water partition coefficient (Wildman–Crippen LogP) is 2.44. The number of hydrogen-bond donors (Lipinski definition) is 4. The van der Waals surface area contributed by atoms with Gasteiger partial charge in [-0.1, -0.05) is 37.6 Å². The number of phenolic OH excluding ortho intramolecular Hbond substituents is 1. The number of anilines is 1. The second kappa shape index (κ2) is 11.5. The highest BCUT2D eigenvalue weighted by molar-refractivity contribution is 6.30. The first kappa shape index (κ1) is 26.5. The first-order valence-electron chi connectivity index (χ1n) is 11.2. The fourth-order valence-corrected chi connectivity index (χ4v) is 3.45. The molecule has 3 rings (SSSR count). The Hall–Kier alpha value is -4.12. The van der Waals surface area contributed by atoms with E-state index in [4.69, 9.17) is 11.6 Å². The normalized spacial score (nSPS) is 12.4. The summed E-state index contributed by atoms with van der Waals surface area (Å²) in [5.41, 5.74) is -0.605. The molecule has 0 aliphatic rings. The number of hydrogen-bond acceptors (Lipinski definition) is 6. The Kier molecular flexibility index (Phi) is 8.49. The molecule has 1 heterocycles. The predicted molar refractivity (Wildman–Crippen MR) is 134 cm³/mol. The van der Waals surface area contributed by atoms with Crippen molar-refractivity contribution in [1.29, 1.82) is 0 Å². The molecule has 1 amide bonds. The van der Waals surface area contributed by atoms with E-state index in [1.807, 2.05) is 6.92 Å². The topological polar surface area (TPSA) is 159 Å². The minimum atomic E-state index is -1.15. The average Bonchev–Trinajstić information content (AvgIpc) is 2.82. The number of amides is 1. The van der Waals surface area contributed by atoms with Crippen LogP contribution >= 0.6 is 11.6 Å². The smallest absolute Gasteiger partial charge is 0.335 e. The summed E-state index contributed by atoms with van der Waals surface area (Å²) in [7, 11) is 0. The van der Waals surface area contributed by atoms with E-state index in [1.54, 1.807) is 24.3 Å². The van der Waals surface area contributed by atoms with Crippen LogP contribution in [0.5, 0.6) is 5.75 Å². The minimum absolute atomic E-state index is 0.00418. The van der Waals surface area contributed by atoms with Gasteiger partial charge in [-0.15, -0.1) is 0 Å². The molecule has 0 saturated heterocycles. The summed E-state index contributed by atoms with van der Waals surface area (Å²) in [6.07, 6.45) is 0.950. The Morgan fingerprint density at radius 1 is 1.14 bits per heavy atom. The van der Waals surface area contributed by atoms with E-state index in [9.17, 15) is 29.4 Å². The highest BCUT2D eigenvalue weighted by Gasteiger charge is 2.17. The van der Waals surface area contributed by atoms with Crippen LogP contribution in [0.1, 0.15) is 32.3 Å². The van der Waals surface area contributed by atoms with Crippen molar-refractivity contribution in [3.05, 3.63) is 79.6 Å². The van der Waals surface area contributed by atoms with Crippen molar-refractivity contribution in [2.75, 3.05) is 5.32 Å². The number of aromatic amines is 1. The molecule has 0 radical (unpaired) electrons. The number of carbonyl (C=O) groups excluding carboxylic acids is 1. The lowest BCUT2D eigenvalue weighted by atomic mass is 10.2. The van der Waals surface area contributed by atoms with Crippen LogP contribution in [0.4, 0.5) is 11.4 Å². The van der Waals surface area contributed by atoms with Crippen LogP contribution < -0.4 is 22.3 Å². The molecule has 0 fully saturated rings. The summed E-state index contributed by atoms with van der Waals surface area (Å²) in [6, 6.07) is 10.9. The van der Waals surface area contributed by atoms with Gasteiger partial charge < -0.3 is 15.5 Å². The largest absolute Gasteiger partial charge is 0.506 e. The maximum absolute atomic E-state index is 13.3. The molecule has 4 N–H and O–H groups in total. The van der Waals surface area contributed by atoms with Crippen LogP contribution in [0, 0.1) is 5.92 Å². The quantitative estimate of drug-likeness (QED) is 0.320. The molecule has 0 bridgehead atoms. The Bertz CT molecular complexity index is 1460. The Morgan fingerprint density at radius 2 is 1.83 bits per heavy atom. The van der Waals surface area contributed by atoms with Crippen molar-refractivity contribution in [3.63, 3.8) is 0 Å². The lowest BCUT2D eigenvalue weighted by Crippen LogP contribution is -2.51. The van der Waals surface area contributed by atoms with Crippen molar-refractivity contribution in [3.8, 4) is 5.75 Å². The molecule has 11 nitrogen and oxygen atoms in total. The summed E-state index contributed by atoms with van der Waals surface area (Å²) in [5, 5.41) is 22.7. The van der Waals surface area contributed by atoms with Gasteiger partial charge in [-0.2, -0.15) is 0 Å². The number of aromatic nitrogens is 3. The number of phenols is 1. The number of carboxylic acids is 1. The molecule has 1 aromatic heterocycles. The highest BCUT2D eigenvalue weighted by atomic mass is 35.5. The van der Waals surface area contributed by atoms with Gasteiger partial charge in [-0.25, -0.2) is 19.1 Å². The van der Waals surface area contributed by atoms with Gasteiger partial charge in [-0.05, 0) is 36.2 Å². The van der Waals surface area contributed by atoms with Crippen molar-refractivity contribution >= 4 is 34.9 Å². The van der Waals surface area contributed by atoms with Gasteiger partial charge in [-0.3, -0.25) is 19.1 Å². The zero-order valence-corrected chi connectivity index (χ0v) is 20.5. The number of nitrogens with one attached hydrogen (secondary N) is 2. The van der Waals surface area contributed by atoms with E-state index in [1.165, 1.54) is 29.7 Å². The minimum Gasteiger partial charge on any atom is -0.506 e. The van der Waals surface area contributed by atoms with Gasteiger partial charge in [0.05, 0.1) is 23.8 Å². The fraction of sp³-hybridized carbons (Fsp3) is 0.292. The maximum Gasteiger partial charge on any atom is 0.335 e. The Balaban J connectivity index is 2.11. The second-order valence-corrected chi connectivity index (χ2v) is 8.65. The lowest BCUT2D eigenvalue weighted by molar-refractivity contribution is -0.141. The molecule has 36 heavy (non-hydrogen) atoms. The molecule has 1 atom stereocenters. The van der Waals surface area contributed by atoms with Crippen LogP contribution in [0.2, 0.25) is 5.02 Å². The summed E-state index contributed by atoms with van der Waals surface area (Å²) in [6.45, 7) is 2.92. The van der Waals surface area contributed by atoms with Crippen LogP contribution in [0.15, 0.2) is 57.0 Å². The second-order valence-electron chi connectivity index (χ2n) is 8.21. The fourth-order valence-electron chi connectivity index (χ4n) is 3.33. The number of carboxylic acid groups (broad SMARTS) is 1. The van der Waals surface area contributed by atoms with E-state index in [-0.39, 0.29) is 41.7 Å². The lowest BCUT2D eigenvalue weighted by Gasteiger charge is -2.13. The van der Waals surface area contributed by atoms with E-state index in [0.717, 1.165) is 4.57 Å². The summed E-state index contributed by atoms with van der Waals surface area (Å²) < 4.78 is 1.99. The van der Waals surface area contributed by atoms with Crippen molar-refractivity contribution in [2.45, 2.75) is 39.8 Å². The molecule has 0 spiro atoms. The number of aliphatic carboxylic acids is 1. The average molecular weight is 516 g/mol. The third-order valence-corrected chi connectivity index (χ3v) is 5.53. The molecule has 190 valence electrons. The Labute approximate surface area is 210 Å². The molecule has 0 unspecified atom stereocenters. The SMILES string of the molecule is CCCC(=O)Nc1ccc(/N=c2\[nH]c(=O)n(C[C@H](C)C(=O)O)c(=O)n2Cc2ccc(Cl)cc2)cc1O.